The average Bonchev–Trinajstić information content (AvgIpc) is 3.33. The third-order valence-electron chi connectivity index (χ3n) is 4.49. The van der Waals surface area contributed by atoms with Crippen molar-refractivity contribution in [3.63, 3.8) is 0 Å². The van der Waals surface area contributed by atoms with Gasteiger partial charge in [-0.25, -0.2) is 9.97 Å². The molecule has 0 N–H and O–H groups in total. The minimum atomic E-state index is -0.134. The van der Waals surface area contributed by atoms with E-state index in [2.05, 4.69) is 14.9 Å². The molecule has 128 valence electrons. The molecule has 2 aromatic heterocycles. The first-order valence-corrected chi connectivity index (χ1v) is 9.19. The molecule has 7 nitrogen and oxygen atoms in total. The van der Waals surface area contributed by atoms with E-state index < -0.39 is 0 Å². The summed E-state index contributed by atoms with van der Waals surface area (Å²) in [4.78, 5) is 25.5. The SMILES string of the molecule is O=C(c1ncoc1C1CCCO1)N1CCCN(c2nccs2)CC1. The van der Waals surface area contributed by atoms with E-state index in [0.29, 0.717) is 24.6 Å². The molecule has 8 heteroatoms. The Bertz CT molecular complexity index is 681. The van der Waals surface area contributed by atoms with Gasteiger partial charge in [-0.2, -0.15) is 0 Å². The van der Waals surface area contributed by atoms with Crippen LogP contribution in [0, 0.1) is 0 Å². The smallest absolute Gasteiger partial charge is 0.276 e. The number of carbonyl (C=O) groups excluding carboxylic acids is 1. The Kier molecular flexibility index (Phi) is 4.48. The Morgan fingerprint density at radius 1 is 1.21 bits per heavy atom. The van der Waals surface area contributed by atoms with E-state index in [9.17, 15) is 4.79 Å². The fourth-order valence-electron chi connectivity index (χ4n) is 3.26. The zero-order valence-electron chi connectivity index (χ0n) is 13.4. The maximum atomic E-state index is 12.9. The van der Waals surface area contributed by atoms with Gasteiger partial charge in [0.2, 0.25) is 0 Å². The molecule has 2 aliphatic heterocycles. The molecule has 2 fully saturated rings. The van der Waals surface area contributed by atoms with Crippen LogP contribution in [0.2, 0.25) is 0 Å². The maximum Gasteiger partial charge on any atom is 0.276 e. The standard InChI is InChI=1S/C16H20N4O3S/c21-15(13-14(23-11-18-13)12-3-1-9-22-12)19-5-2-6-20(8-7-19)16-17-4-10-24-16/h4,10-12H,1-3,5-9H2. The van der Waals surface area contributed by atoms with Crippen LogP contribution < -0.4 is 4.90 Å². The summed E-state index contributed by atoms with van der Waals surface area (Å²) in [5.74, 6) is 0.522. The van der Waals surface area contributed by atoms with Gasteiger partial charge in [0.25, 0.3) is 5.91 Å². The number of carbonyl (C=O) groups is 1. The topological polar surface area (TPSA) is 71.7 Å². The number of anilines is 1. The Hall–Kier alpha value is -1.93. The van der Waals surface area contributed by atoms with Crippen LogP contribution >= 0.6 is 11.3 Å². The van der Waals surface area contributed by atoms with Gasteiger partial charge in [-0.15, -0.1) is 11.3 Å². The zero-order chi connectivity index (χ0) is 16.4. The lowest BCUT2D eigenvalue weighted by Gasteiger charge is -2.21. The third kappa shape index (κ3) is 3.03. The normalized spacial score (nSPS) is 21.9. The fraction of sp³-hybridized carbons (Fsp3) is 0.562. The quantitative estimate of drug-likeness (QED) is 0.848. The molecule has 1 amide bonds. The number of nitrogens with zero attached hydrogens (tertiary/aromatic N) is 4. The van der Waals surface area contributed by atoms with Crippen LogP contribution in [0.1, 0.15) is 41.6 Å². The van der Waals surface area contributed by atoms with E-state index in [4.69, 9.17) is 9.15 Å². The van der Waals surface area contributed by atoms with Crippen molar-refractivity contribution in [2.45, 2.75) is 25.4 Å². The van der Waals surface area contributed by atoms with Gasteiger partial charge >= 0.3 is 0 Å². The minimum absolute atomic E-state index is 0.0600. The van der Waals surface area contributed by atoms with Crippen LogP contribution in [-0.4, -0.2) is 53.6 Å². The second-order valence-electron chi connectivity index (χ2n) is 6.01. The maximum absolute atomic E-state index is 12.9. The Balaban J connectivity index is 1.46. The molecule has 1 unspecified atom stereocenters. The van der Waals surface area contributed by atoms with Gasteiger partial charge in [-0.3, -0.25) is 4.79 Å². The number of hydrogen-bond acceptors (Lipinski definition) is 7. The third-order valence-corrected chi connectivity index (χ3v) is 5.32. The highest BCUT2D eigenvalue weighted by atomic mass is 32.1. The molecule has 2 aliphatic rings. The van der Waals surface area contributed by atoms with Crippen LogP contribution in [0.5, 0.6) is 0 Å². The van der Waals surface area contributed by atoms with E-state index in [1.54, 1.807) is 11.3 Å². The summed E-state index contributed by atoms with van der Waals surface area (Å²) in [6.45, 7) is 3.79. The second-order valence-corrected chi connectivity index (χ2v) is 6.89. The molecule has 2 saturated heterocycles. The Morgan fingerprint density at radius 3 is 2.96 bits per heavy atom. The summed E-state index contributed by atoms with van der Waals surface area (Å²) >= 11 is 1.63. The summed E-state index contributed by atoms with van der Waals surface area (Å²) in [5.41, 5.74) is 0.407. The molecule has 0 saturated carbocycles. The van der Waals surface area contributed by atoms with Crippen molar-refractivity contribution >= 4 is 22.4 Å². The monoisotopic (exact) mass is 348 g/mol. The van der Waals surface area contributed by atoms with E-state index in [1.165, 1.54) is 6.39 Å². The largest absolute Gasteiger partial charge is 0.445 e. The first-order chi connectivity index (χ1) is 11.8. The first kappa shape index (κ1) is 15.6. The van der Waals surface area contributed by atoms with Crippen molar-refractivity contribution in [2.24, 2.45) is 0 Å². The number of amides is 1. The summed E-state index contributed by atoms with van der Waals surface area (Å²) in [6, 6.07) is 0. The molecule has 4 heterocycles. The molecule has 1 atom stereocenters. The fourth-order valence-corrected chi connectivity index (χ4v) is 3.96. The Morgan fingerprint density at radius 2 is 2.17 bits per heavy atom. The average molecular weight is 348 g/mol. The van der Waals surface area contributed by atoms with Gasteiger partial charge in [-0.05, 0) is 19.3 Å². The minimum Gasteiger partial charge on any atom is -0.445 e. The van der Waals surface area contributed by atoms with E-state index >= 15 is 0 Å². The van der Waals surface area contributed by atoms with Gasteiger partial charge in [-0.1, -0.05) is 0 Å². The number of oxazole rings is 1. The molecule has 0 spiro atoms. The molecule has 0 radical (unpaired) electrons. The van der Waals surface area contributed by atoms with Crippen molar-refractivity contribution in [3.05, 3.63) is 29.4 Å². The molecular formula is C16H20N4O3S. The van der Waals surface area contributed by atoms with Crippen molar-refractivity contribution in [1.82, 2.24) is 14.9 Å². The first-order valence-electron chi connectivity index (χ1n) is 8.31. The van der Waals surface area contributed by atoms with E-state index in [-0.39, 0.29) is 12.0 Å². The molecule has 0 bridgehead atoms. The molecular weight excluding hydrogens is 328 g/mol. The molecule has 2 aromatic rings. The molecule has 24 heavy (non-hydrogen) atoms. The molecule has 4 rings (SSSR count). The van der Waals surface area contributed by atoms with Gasteiger partial charge in [0.1, 0.15) is 6.10 Å². The lowest BCUT2D eigenvalue weighted by Crippen LogP contribution is -2.36. The van der Waals surface area contributed by atoms with Crippen LogP contribution in [0.3, 0.4) is 0 Å². The second kappa shape index (κ2) is 6.90. The summed E-state index contributed by atoms with van der Waals surface area (Å²) < 4.78 is 11.1. The molecule has 0 aromatic carbocycles. The van der Waals surface area contributed by atoms with E-state index in [1.807, 2.05) is 16.5 Å². The highest BCUT2D eigenvalue weighted by Crippen LogP contribution is 2.31. The zero-order valence-corrected chi connectivity index (χ0v) is 14.2. The van der Waals surface area contributed by atoms with Gasteiger partial charge in [0, 0.05) is 44.4 Å². The van der Waals surface area contributed by atoms with Crippen LogP contribution in [0.25, 0.3) is 0 Å². The summed E-state index contributed by atoms with van der Waals surface area (Å²) in [5, 5.41) is 3.00. The van der Waals surface area contributed by atoms with Crippen molar-refractivity contribution < 1.29 is 13.9 Å². The lowest BCUT2D eigenvalue weighted by atomic mass is 10.1. The predicted molar refractivity (Wildman–Crippen MR) is 89.3 cm³/mol. The summed E-state index contributed by atoms with van der Waals surface area (Å²) in [6.07, 6.45) is 5.82. The van der Waals surface area contributed by atoms with Crippen molar-refractivity contribution in [1.29, 1.82) is 0 Å². The van der Waals surface area contributed by atoms with Gasteiger partial charge in [0.15, 0.2) is 23.0 Å². The summed E-state index contributed by atoms with van der Waals surface area (Å²) in [7, 11) is 0. The number of aromatic nitrogens is 2. The number of thiazole rings is 1. The highest BCUT2D eigenvalue weighted by molar-refractivity contribution is 7.13. The predicted octanol–water partition coefficient (Wildman–Crippen LogP) is 2.34. The van der Waals surface area contributed by atoms with Crippen molar-refractivity contribution in [3.8, 4) is 0 Å². The van der Waals surface area contributed by atoms with Crippen LogP contribution in [0.15, 0.2) is 22.4 Å². The number of hydrogen-bond donors (Lipinski definition) is 0. The van der Waals surface area contributed by atoms with Gasteiger partial charge in [0.05, 0.1) is 0 Å². The van der Waals surface area contributed by atoms with Crippen LogP contribution in [0.4, 0.5) is 5.13 Å². The van der Waals surface area contributed by atoms with Gasteiger partial charge < -0.3 is 19.0 Å². The number of rotatable bonds is 3. The highest BCUT2D eigenvalue weighted by Gasteiger charge is 2.31. The van der Waals surface area contributed by atoms with Crippen molar-refractivity contribution in [2.75, 3.05) is 37.7 Å². The number of ether oxygens (including phenoxy) is 1. The molecule has 0 aliphatic carbocycles. The Labute approximate surface area is 144 Å². The van der Waals surface area contributed by atoms with E-state index in [0.717, 1.165) is 44.0 Å². The van der Waals surface area contributed by atoms with Crippen LogP contribution in [-0.2, 0) is 4.74 Å². The lowest BCUT2D eigenvalue weighted by molar-refractivity contribution is 0.0725.